The molecule has 0 radical (unpaired) electrons. The number of anilines is 2. The number of rotatable bonds is 4. The van der Waals surface area contributed by atoms with E-state index in [4.69, 9.17) is 4.74 Å². The number of hydrogen-bond acceptors (Lipinski definition) is 8. The number of aromatic amines is 1. The van der Waals surface area contributed by atoms with Gasteiger partial charge in [-0.25, -0.2) is 24.5 Å². The van der Waals surface area contributed by atoms with Crippen molar-refractivity contribution in [3.63, 3.8) is 0 Å². The first-order valence-corrected chi connectivity index (χ1v) is 11.9. The zero-order valence-electron chi connectivity index (χ0n) is 19.6. The van der Waals surface area contributed by atoms with Gasteiger partial charge in [0.15, 0.2) is 11.9 Å². The van der Waals surface area contributed by atoms with Crippen LogP contribution in [0.2, 0.25) is 0 Å². The highest BCUT2D eigenvalue weighted by atomic mass is 16.7. The fraction of sp³-hybridized carbons (Fsp3) is 0.280. The SMILES string of the molecule is O=C(O)OC1Cc2ccccc2N1C(=O)c1cc(N2CCC(n3c(=O)[nH]c4ncccc43)CC2)ncn1. The number of nitrogens with one attached hydrogen (secondary N) is 1. The number of piperidine rings is 1. The smallest absolute Gasteiger partial charge is 0.450 e. The van der Waals surface area contributed by atoms with Gasteiger partial charge in [0, 0.05) is 37.8 Å². The number of carboxylic acid groups (broad SMARTS) is 1. The Kier molecular flexibility index (Phi) is 5.55. The first-order valence-electron chi connectivity index (χ1n) is 11.9. The van der Waals surface area contributed by atoms with Crippen LogP contribution in [0.1, 0.15) is 34.9 Å². The van der Waals surface area contributed by atoms with Crippen molar-refractivity contribution in [2.75, 3.05) is 22.9 Å². The molecule has 6 rings (SSSR count). The molecule has 37 heavy (non-hydrogen) atoms. The number of aromatic nitrogens is 5. The first kappa shape index (κ1) is 22.7. The Bertz CT molecular complexity index is 1560. The molecule has 1 saturated heterocycles. The highest BCUT2D eigenvalue weighted by molar-refractivity contribution is 6.06. The Morgan fingerprint density at radius 2 is 1.86 bits per heavy atom. The average molecular weight is 502 g/mol. The average Bonchev–Trinajstić information content (AvgIpc) is 3.44. The van der Waals surface area contributed by atoms with Gasteiger partial charge in [-0.05, 0) is 36.6 Å². The van der Waals surface area contributed by atoms with E-state index in [-0.39, 0.29) is 23.8 Å². The molecule has 1 amide bonds. The van der Waals surface area contributed by atoms with Crippen molar-refractivity contribution in [2.24, 2.45) is 0 Å². The monoisotopic (exact) mass is 501 g/mol. The summed E-state index contributed by atoms with van der Waals surface area (Å²) in [5.74, 6) is 0.125. The molecule has 12 nitrogen and oxygen atoms in total. The Morgan fingerprint density at radius 3 is 2.68 bits per heavy atom. The molecule has 2 aliphatic heterocycles. The first-order chi connectivity index (χ1) is 18.0. The Labute approximate surface area is 210 Å². The quantitative estimate of drug-likeness (QED) is 0.403. The summed E-state index contributed by atoms with van der Waals surface area (Å²) in [7, 11) is 0. The van der Waals surface area contributed by atoms with Crippen LogP contribution in [0.4, 0.5) is 16.3 Å². The normalized spacial score (nSPS) is 17.7. The van der Waals surface area contributed by atoms with Gasteiger partial charge in [-0.3, -0.25) is 19.2 Å². The lowest BCUT2D eigenvalue weighted by molar-refractivity contribution is 0.0508. The molecule has 0 aliphatic carbocycles. The van der Waals surface area contributed by atoms with Crippen LogP contribution in [-0.4, -0.2) is 61.0 Å². The molecule has 188 valence electrons. The van der Waals surface area contributed by atoms with E-state index in [0.717, 1.165) is 11.1 Å². The standard InChI is InChI=1S/C25H23N7O5/c33-23(32-18-5-2-1-4-15(18)12-21(32)37-25(35)36)17-13-20(28-14-27-17)30-10-7-16(8-11-30)31-19-6-3-9-26-22(19)29-24(31)34/h1-6,9,13-14,16,21H,7-8,10-12H2,(H,35,36)(H,26,29,34). The third kappa shape index (κ3) is 4.05. The minimum absolute atomic E-state index is 0.0136. The maximum atomic E-state index is 13.5. The van der Waals surface area contributed by atoms with E-state index in [2.05, 4.69) is 24.8 Å². The van der Waals surface area contributed by atoms with Crippen molar-refractivity contribution in [1.82, 2.24) is 24.5 Å². The number of ether oxygens (including phenoxy) is 1. The fourth-order valence-electron chi connectivity index (χ4n) is 5.24. The van der Waals surface area contributed by atoms with Crippen LogP contribution in [0.3, 0.4) is 0 Å². The maximum Gasteiger partial charge on any atom is 0.507 e. The van der Waals surface area contributed by atoms with Gasteiger partial charge in [0.05, 0.1) is 11.2 Å². The van der Waals surface area contributed by atoms with E-state index in [0.29, 0.717) is 43.1 Å². The predicted molar refractivity (Wildman–Crippen MR) is 133 cm³/mol. The summed E-state index contributed by atoms with van der Waals surface area (Å²) in [6.45, 7) is 1.26. The molecule has 3 aromatic heterocycles. The highest BCUT2D eigenvalue weighted by Crippen LogP contribution is 2.34. The molecule has 2 N–H and O–H groups in total. The van der Waals surface area contributed by atoms with Crippen LogP contribution in [-0.2, 0) is 11.2 Å². The largest absolute Gasteiger partial charge is 0.507 e. The molecule has 1 aromatic carbocycles. The van der Waals surface area contributed by atoms with Crippen LogP contribution in [0.15, 0.2) is 59.8 Å². The molecule has 5 heterocycles. The Morgan fingerprint density at radius 1 is 1.05 bits per heavy atom. The molecule has 2 aliphatic rings. The molecular formula is C25H23N7O5. The number of benzene rings is 1. The molecule has 1 atom stereocenters. The second-order valence-electron chi connectivity index (χ2n) is 9.00. The van der Waals surface area contributed by atoms with Gasteiger partial charge >= 0.3 is 11.8 Å². The molecule has 1 unspecified atom stereocenters. The Hall–Kier alpha value is -4.74. The summed E-state index contributed by atoms with van der Waals surface area (Å²) >= 11 is 0. The number of imidazole rings is 1. The van der Waals surface area contributed by atoms with E-state index >= 15 is 0 Å². The number of carbonyl (C=O) groups is 2. The minimum Gasteiger partial charge on any atom is -0.450 e. The number of H-pyrrole nitrogens is 1. The summed E-state index contributed by atoms with van der Waals surface area (Å²) in [6, 6.07) is 12.5. The molecule has 1 fully saturated rings. The van der Waals surface area contributed by atoms with Gasteiger partial charge in [0.2, 0.25) is 0 Å². The zero-order chi connectivity index (χ0) is 25.5. The van der Waals surface area contributed by atoms with E-state index < -0.39 is 18.3 Å². The van der Waals surface area contributed by atoms with E-state index in [9.17, 15) is 19.5 Å². The van der Waals surface area contributed by atoms with Crippen LogP contribution in [0.25, 0.3) is 11.2 Å². The lowest BCUT2D eigenvalue weighted by Crippen LogP contribution is -2.41. The van der Waals surface area contributed by atoms with Crippen molar-refractivity contribution in [3.05, 3.63) is 76.7 Å². The Balaban J connectivity index is 1.22. The number of amides is 1. The number of para-hydroxylation sites is 1. The second-order valence-corrected chi connectivity index (χ2v) is 9.00. The zero-order valence-corrected chi connectivity index (χ0v) is 19.6. The van der Waals surface area contributed by atoms with Crippen molar-refractivity contribution >= 4 is 34.7 Å². The van der Waals surface area contributed by atoms with E-state index in [1.54, 1.807) is 29.0 Å². The van der Waals surface area contributed by atoms with Crippen LogP contribution >= 0.6 is 0 Å². The third-order valence-electron chi connectivity index (χ3n) is 6.90. The molecule has 0 spiro atoms. The van der Waals surface area contributed by atoms with Gasteiger partial charge < -0.3 is 14.7 Å². The molecule has 0 bridgehead atoms. The van der Waals surface area contributed by atoms with E-state index in [1.807, 2.05) is 24.3 Å². The number of nitrogens with zero attached hydrogens (tertiary/aromatic N) is 6. The van der Waals surface area contributed by atoms with Crippen molar-refractivity contribution in [3.8, 4) is 0 Å². The third-order valence-corrected chi connectivity index (χ3v) is 6.90. The minimum atomic E-state index is -1.45. The number of pyridine rings is 1. The van der Waals surface area contributed by atoms with Gasteiger partial charge in [-0.1, -0.05) is 18.2 Å². The second kappa shape index (κ2) is 9.04. The summed E-state index contributed by atoms with van der Waals surface area (Å²) in [5.41, 5.74) is 2.74. The number of carbonyl (C=O) groups excluding carboxylic acids is 1. The summed E-state index contributed by atoms with van der Waals surface area (Å²) in [4.78, 5) is 56.3. The lowest BCUT2D eigenvalue weighted by atomic mass is 10.0. The van der Waals surface area contributed by atoms with Crippen molar-refractivity contribution < 1.29 is 19.4 Å². The molecule has 4 aromatic rings. The topological polar surface area (TPSA) is 147 Å². The fourth-order valence-corrected chi connectivity index (χ4v) is 5.24. The molecular weight excluding hydrogens is 478 g/mol. The van der Waals surface area contributed by atoms with Crippen LogP contribution in [0, 0.1) is 0 Å². The number of fused-ring (bicyclic) bond motifs is 2. The predicted octanol–water partition coefficient (Wildman–Crippen LogP) is 2.58. The van der Waals surface area contributed by atoms with Crippen molar-refractivity contribution in [1.29, 1.82) is 0 Å². The van der Waals surface area contributed by atoms with Gasteiger partial charge in [0.25, 0.3) is 5.91 Å². The summed E-state index contributed by atoms with van der Waals surface area (Å²) in [5, 5.41) is 9.18. The van der Waals surface area contributed by atoms with Crippen LogP contribution < -0.4 is 15.5 Å². The lowest BCUT2D eigenvalue weighted by Gasteiger charge is -2.33. The summed E-state index contributed by atoms with van der Waals surface area (Å²) in [6.07, 6.45) is 2.25. The maximum absolute atomic E-state index is 13.5. The molecule has 0 saturated carbocycles. The van der Waals surface area contributed by atoms with Gasteiger partial charge in [-0.2, -0.15) is 0 Å². The van der Waals surface area contributed by atoms with Gasteiger partial charge in [-0.15, -0.1) is 0 Å². The van der Waals surface area contributed by atoms with Crippen molar-refractivity contribution in [2.45, 2.75) is 31.5 Å². The highest BCUT2D eigenvalue weighted by Gasteiger charge is 2.37. The van der Waals surface area contributed by atoms with Crippen LogP contribution in [0.5, 0.6) is 0 Å². The number of hydrogen-bond donors (Lipinski definition) is 2. The molecule has 12 heteroatoms. The van der Waals surface area contributed by atoms with E-state index in [1.165, 1.54) is 11.2 Å². The van der Waals surface area contributed by atoms with Gasteiger partial charge in [0.1, 0.15) is 17.8 Å². The summed E-state index contributed by atoms with van der Waals surface area (Å²) < 4.78 is 6.78.